The molecule has 1 aromatic heterocycles. The second-order valence-corrected chi connectivity index (χ2v) is 10.1. The van der Waals surface area contributed by atoms with Gasteiger partial charge < -0.3 is 19.5 Å². The molecule has 0 atom stereocenters. The standard InChI is InChI=1S/C27H22BrClN4O3S/c28-21-7-2-4-18-19(21)5-1-6-20(18)25(34)31-27(37)30-17-9-10-23(22(29)16-17)32-11-13-33(14-12-32)26(35)24-8-3-15-36-24/h1-10,15-16H,11-14H2,(H2,30,31,34,37). The van der Waals surface area contributed by atoms with Crippen LogP contribution in [0.25, 0.3) is 10.8 Å². The summed E-state index contributed by atoms with van der Waals surface area (Å²) in [6, 6.07) is 20.2. The molecule has 0 aliphatic carbocycles. The van der Waals surface area contributed by atoms with Crippen LogP contribution < -0.4 is 15.5 Å². The minimum absolute atomic E-state index is 0.109. The normalized spacial score (nSPS) is 13.5. The van der Waals surface area contributed by atoms with Gasteiger partial charge >= 0.3 is 0 Å². The maximum Gasteiger partial charge on any atom is 0.289 e. The van der Waals surface area contributed by atoms with Crippen LogP contribution in [0.3, 0.4) is 0 Å². The van der Waals surface area contributed by atoms with Crippen molar-refractivity contribution in [2.45, 2.75) is 0 Å². The summed E-state index contributed by atoms with van der Waals surface area (Å²) in [7, 11) is 0. The largest absolute Gasteiger partial charge is 0.459 e. The number of nitrogens with one attached hydrogen (secondary N) is 2. The lowest BCUT2D eigenvalue weighted by molar-refractivity contribution is 0.0714. The van der Waals surface area contributed by atoms with E-state index >= 15 is 0 Å². The van der Waals surface area contributed by atoms with Crippen LogP contribution in [-0.4, -0.2) is 48.0 Å². The molecule has 4 aromatic rings. The number of halogens is 2. The summed E-state index contributed by atoms with van der Waals surface area (Å²) in [5.41, 5.74) is 2.06. The van der Waals surface area contributed by atoms with E-state index in [0.717, 1.165) is 20.9 Å². The van der Waals surface area contributed by atoms with Crippen molar-refractivity contribution in [3.8, 4) is 0 Å². The first-order chi connectivity index (χ1) is 17.9. The molecule has 37 heavy (non-hydrogen) atoms. The number of furan rings is 1. The zero-order valence-corrected chi connectivity index (χ0v) is 22.7. The SMILES string of the molecule is O=C(NC(=S)Nc1ccc(N2CCN(C(=O)c3ccco3)CC2)c(Cl)c1)c1cccc2c(Br)cccc12. The van der Waals surface area contributed by atoms with Gasteiger partial charge in [0.15, 0.2) is 10.9 Å². The van der Waals surface area contributed by atoms with E-state index in [9.17, 15) is 9.59 Å². The van der Waals surface area contributed by atoms with Crippen molar-refractivity contribution in [1.82, 2.24) is 10.2 Å². The summed E-state index contributed by atoms with van der Waals surface area (Å²) >= 11 is 15.5. The van der Waals surface area contributed by atoms with Crippen LogP contribution in [0.2, 0.25) is 5.02 Å². The maximum absolute atomic E-state index is 12.9. The molecule has 7 nitrogen and oxygen atoms in total. The van der Waals surface area contributed by atoms with E-state index in [1.807, 2.05) is 42.5 Å². The fraction of sp³-hybridized carbons (Fsp3) is 0.148. The van der Waals surface area contributed by atoms with Crippen LogP contribution in [0.1, 0.15) is 20.9 Å². The van der Waals surface area contributed by atoms with Crippen molar-refractivity contribution < 1.29 is 14.0 Å². The van der Waals surface area contributed by atoms with Crippen LogP contribution in [0.15, 0.2) is 81.9 Å². The average molecular weight is 598 g/mol. The molecular formula is C27H22BrClN4O3S. The van der Waals surface area contributed by atoms with Gasteiger partial charge in [-0.2, -0.15) is 0 Å². The van der Waals surface area contributed by atoms with E-state index in [0.29, 0.717) is 48.2 Å². The third kappa shape index (κ3) is 5.49. The highest BCUT2D eigenvalue weighted by Gasteiger charge is 2.25. The molecule has 0 bridgehead atoms. The third-order valence-electron chi connectivity index (χ3n) is 6.19. The Morgan fingerprint density at radius 1 is 0.946 bits per heavy atom. The molecule has 1 aliphatic rings. The summed E-state index contributed by atoms with van der Waals surface area (Å²) in [5, 5.41) is 8.28. The molecule has 188 valence electrons. The first-order valence-electron chi connectivity index (χ1n) is 11.6. The number of carbonyl (C=O) groups excluding carboxylic acids is 2. The smallest absolute Gasteiger partial charge is 0.289 e. The number of anilines is 2. The zero-order chi connectivity index (χ0) is 25.9. The second-order valence-electron chi connectivity index (χ2n) is 8.47. The molecule has 2 heterocycles. The fourth-order valence-electron chi connectivity index (χ4n) is 4.35. The Labute approximate surface area is 232 Å². The lowest BCUT2D eigenvalue weighted by Gasteiger charge is -2.36. The number of hydrogen-bond donors (Lipinski definition) is 2. The van der Waals surface area contributed by atoms with E-state index in [-0.39, 0.29) is 16.9 Å². The van der Waals surface area contributed by atoms with E-state index in [1.165, 1.54) is 6.26 Å². The molecule has 0 radical (unpaired) electrons. The van der Waals surface area contributed by atoms with Crippen molar-refractivity contribution in [3.63, 3.8) is 0 Å². The molecule has 0 saturated carbocycles. The maximum atomic E-state index is 12.9. The molecule has 2 amide bonds. The second kappa shape index (κ2) is 10.9. The van der Waals surface area contributed by atoms with Gasteiger partial charge in [0, 0.05) is 41.9 Å². The highest BCUT2D eigenvalue weighted by Crippen LogP contribution is 2.30. The van der Waals surface area contributed by atoms with Crippen molar-refractivity contribution in [1.29, 1.82) is 0 Å². The molecule has 1 saturated heterocycles. The Morgan fingerprint density at radius 2 is 1.70 bits per heavy atom. The number of benzene rings is 3. The van der Waals surface area contributed by atoms with Gasteiger partial charge in [0.25, 0.3) is 11.8 Å². The van der Waals surface area contributed by atoms with Crippen LogP contribution in [0.5, 0.6) is 0 Å². The Morgan fingerprint density at radius 3 is 2.43 bits per heavy atom. The van der Waals surface area contributed by atoms with Crippen molar-refractivity contribution in [2.24, 2.45) is 0 Å². The molecule has 5 rings (SSSR count). The number of rotatable bonds is 4. The molecule has 0 spiro atoms. The highest BCUT2D eigenvalue weighted by atomic mass is 79.9. The Kier molecular flexibility index (Phi) is 7.45. The van der Waals surface area contributed by atoms with Gasteiger partial charge in [-0.05, 0) is 65.5 Å². The van der Waals surface area contributed by atoms with Gasteiger partial charge in [-0.25, -0.2) is 0 Å². The monoisotopic (exact) mass is 596 g/mol. The summed E-state index contributed by atoms with van der Waals surface area (Å²) in [6.07, 6.45) is 1.50. The number of fused-ring (bicyclic) bond motifs is 1. The lowest BCUT2D eigenvalue weighted by atomic mass is 10.0. The van der Waals surface area contributed by atoms with Gasteiger partial charge in [-0.1, -0.05) is 51.8 Å². The van der Waals surface area contributed by atoms with E-state index < -0.39 is 0 Å². The van der Waals surface area contributed by atoms with E-state index in [4.69, 9.17) is 28.2 Å². The molecular weight excluding hydrogens is 576 g/mol. The Balaban J connectivity index is 1.20. The minimum atomic E-state index is -0.300. The summed E-state index contributed by atoms with van der Waals surface area (Å²) in [5.74, 6) is -0.0637. The molecule has 3 aromatic carbocycles. The number of carbonyl (C=O) groups is 2. The molecule has 10 heteroatoms. The number of hydrogen-bond acceptors (Lipinski definition) is 5. The number of amides is 2. The molecule has 1 aliphatic heterocycles. The van der Waals surface area contributed by atoms with E-state index in [1.54, 1.807) is 29.2 Å². The molecule has 2 N–H and O–H groups in total. The summed E-state index contributed by atoms with van der Waals surface area (Å²) in [6.45, 7) is 2.43. The van der Waals surface area contributed by atoms with Crippen LogP contribution >= 0.6 is 39.7 Å². The number of piperazine rings is 1. The summed E-state index contributed by atoms with van der Waals surface area (Å²) in [4.78, 5) is 29.3. The van der Waals surface area contributed by atoms with Crippen molar-refractivity contribution >= 4 is 78.8 Å². The number of nitrogens with zero attached hydrogens (tertiary/aromatic N) is 2. The Hall–Kier alpha value is -3.40. The van der Waals surface area contributed by atoms with Gasteiger partial charge in [0.05, 0.1) is 17.0 Å². The van der Waals surface area contributed by atoms with Crippen LogP contribution in [0, 0.1) is 0 Å². The molecule has 0 unspecified atom stereocenters. The first kappa shape index (κ1) is 25.3. The predicted molar refractivity (Wildman–Crippen MR) is 154 cm³/mol. The van der Waals surface area contributed by atoms with Gasteiger partial charge in [-0.15, -0.1) is 0 Å². The van der Waals surface area contributed by atoms with Gasteiger partial charge in [0.1, 0.15) is 0 Å². The van der Waals surface area contributed by atoms with E-state index in [2.05, 4.69) is 31.5 Å². The third-order valence-corrected chi connectivity index (χ3v) is 7.38. The average Bonchev–Trinajstić information content (AvgIpc) is 3.43. The Bertz CT molecular complexity index is 1490. The van der Waals surface area contributed by atoms with Crippen LogP contribution in [-0.2, 0) is 0 Å². The number of thiocarbonyl (C=S) groups is 1. The lowest BCUT2D eigenvalue weighted by Crippen LogP contribution is -2.48. The van der Waals surface area contributed by atoms with Gasteiger partial charge in [-0.3, -0.25) is 14.9 Å². The van der Waals surface area contributed by atoms with Crippen LogP contribution in [0.4, 0.5) is 11.4 Å². The highest BCUT2D eigenvalue weighted by molar-refractivity contribution is 9.10. The summed E-state index contributed by atoms with van der Waals surface area (Å²) < 4.78 is 6.14. The quantitative estimate of drug-likeness (QED) is 0.284. The van der Waals surface area contributed by atoms with Crippen molar-refractivity contribution in [2.75, 3.05) is 36.4 Å². The predicted octanol–water partition coefficient (Wildman–Crippen LogP) is 5.94. The fourth-order valence-corrected chi connectivity index (χ4v) is 5.36. The first-order valence-corrected chi connectivity index (χ1v) is 13.2. The topological polar surface area (TPSA) is 77.8 Å². The van der Waals surface area contributed by atoms with Gasteiger partial charge in [0.2, 0.25) is 0 Å². The zero-order valence-electron chi connectivity index (χ0n) is 19.5. The van der Waals surface area contributed by atoms with Crippen molar-refractivity contribution in [3.05, 3.63) is 93.8 Å². The minimum Gasteiger partial charge on any atom is -0.459 e. The molecule has 1 fully saturated rings.